The first-order chi connectivity index (χ1) is 14.2. The Labute approximate surface area is 175 Å². The molecule has 6 heteroatoms. The minimum Gasteiger partial charge on any atom is -0.467 e. The number of hydrogen-bond donors (Lipinski definition) is 0. The molecule has 5 heterocycles. The number of aromatic nitrogens is 3. The molecule has 3 saturated heterocycles. The molecule has 0 saturated carbocycles. The van der Waals surface area contributed by atoms with Gasteiger partial charge in [-0.2, -0.15) is 0 Å². The molecular formula is C23H23ClN4O. The van der Waals surface area contributed by atoms with Crippen molar-refractivity contribution in [2.75, 3.05) is 13.1 Å². The van der Waals surface area contributed by atoms with E-state index in [-0.39, 0.29) is 12.1 Å². The van der Waals surface area contributed by atoms with E-state index >= 15 is 0 Å². The van der Waals surface area contributed by atoms with E-state index < -0.39 is 0 Å². The zero-order chi connectivity index (χ0) is 19.8. The average molecular weight is 407 g/mol. The number of pyridine rings is 1. The van der Waals surface area contributed by atoms with Gasteiger partial charge < -0.3 is 4.74 Å². The number of fused-ring (bicyclic) bond motifs is 4. The highest BCUT2D eigenvalue weighted by Crippen LogP contribution is 2.43. The van der Waals surface area contributed by atoms with Gasteiger partial charge in [-0.05, 0) is 49.4 Å². The third-order valence-corrected chi connectivity index (χ3v) is 6.55. The fraction of sp³-hybridized carbons (Fsp3) is 0.348. The van der Waals surface area contributed by atoms with E-state index in [4.69, 9.17) is 16.3 Å². The lowest BCUT2D eigenvalue weighted by molar-refractivity contribution is -0.0370. The smallest absolute Gasteiger partial charge is 0.234 e. The third kappa shape index (κ3) is 3.49. The highest BCUT2D eigenvalue weighted by molar-refractivity contribution is 6.29. The molecule has 0 amide bonds. The summed E-state index contributed by atoms with van der Waals surface area (Å²) in [5.41, 5.74) is 2.11. The van der Waals surface area contributed by atoms with Gasteiger partial charge in [-0.15, -0.1) is 16.8 Å². The van der Waals surface area contributed by atoms with Crippen LogP contribution < -0.4 is 4.74 Å². The van der Waals surface area contributed by atoms with E-state index in [1.807, 2.05) is 24.4 Å². The van der Waals surface area contributed by atoms with Crippen molar-refractivity contribution in [3.63, 3.8) is 0 Å². The highest BCUT2D eigenvalue weighted by atomic mass is 35.5. The molecule has 148 valence electrons. The minimum absolute atomic E-state index is 0.160. The second kappa shape index (κ2) is 7.73. The molecule has 0 radical (unpaired) electrons. The SMILES string of the molecule is C=C[C@H]1CN2CC[C@H]1C[C@@H]2[C@@H](Oc1ccc(Cl)nn1)c1ccnc2ccccc12. The van der Waals surface area contributed by atoms with E-state index in [0.717, 1.165) is 36.0 Å². The topological polar surface area (TPSA) is 51.1 Å². The number of halogens is 1. The molecule has 5 atom stereocenters. The summed E-state index contributed by atoms with van der Waals surface area (Å²) in [7, 11) is 0. The van der Waals surface area contributed by atoms with Crippen LogP contribution in [0.4, 0.5) is 0 Å². The zero-order valence-electron chi connectivity index (χ0n) is 16.1. The van der Waals surface area contributed by atoms with Gasteiger partial charge in [0.1, 0.15) is 6.10 Å². The van der Waals surface area contributed by atoms with E-state index in [1.165, 1.54) is 6.42 Å². The van der Waals surface area contributed by atoms with Crippen molar-refractivity contribution >= 4 is 22.5 Å². The van der Waals surface area contributed by atoms with Crippen molar-refractivity contribution in [2.45, 2.75) is 25.0 Å². The number of rotatable bonds is 5. The summed E-state index contributed by atoms with van der Waals surface area (Å²) in [5, 5.41) is 9.59. The molecule has 29 heavy (non-hydrogen) atoms. The molecule has 3 aliphatic rings. The summed E-state index contributed by atoms with van der Waals surface area (Å²) < 4.78 is 6.50. The molecule has 2 bridgehead atoms. The van der Waals surface area contributed by atoms with Gasteiger partial charge in [0.15, 0.2) is 5.15 Å². The minimum atomic E-state index is -0.160. The first kappa shape index (κ1) is 18.5. The molecule has 2 aromatic heterocycles. The van der Waals surface area contributed by atoms with Gasteiger partial charge in [-0.1, -0.05) is 35.9 Å². The van der Waals surface area contributed by atoms with Gasteiger partial charge in [-0.3, -0.25) is 9.88 Å². The van der Waals surface area contributed by atoms with E-state index in [9.17, 15) is 0 Å². The average Bonchev–Trinajstić information content (AvgIpc) is 2.78. The summed E-state index contributed by atoms with van der Waals surface area (Å²) in [5.74, 6) is 1.70. The van der Waals surface area contributed by atoms with Crippen molar-refractivity contribution in [1.82, 2.24) is 20.1 Å². The van der Waals surface area contributed by atoms with Crippen LogP contribution in [0.2, 0.25) is 5.15 Å². The van der Waals surface area contributed by atoms with Gasteiger partial charge in [0, 0.05) is 29.8 Å². The Morgan fingerprint density at radius 2 is 2.07 bits per heavy atom. The van der Waals surface area contributed by atoms with Crippen LogP contribution in [0.1, 0.15) is 24.5 Å². The first-order valence-electron chi connectivity index (χ1n) is 10.1. The van der Waals surface area contributed by atoms with Crippen LogP contribution in [0.5, 0.6) is 5.88 Å². The highest BCUT2D eigenvalue weighted by Gasteiger charge is 2.44. The predicted octanol–water partition coefficient (Wildman–Crippen LogP) is 4.69. The number of benzene rings is 1. The molecule has 3 fully saturated rings. The Morgan fingerprint density at radius 1 is 1.17 bits per heavy atom. The molecule has 3 aliphatic heterocycles. The molecule has 1 aromatic carbocycles. The summed E-state index contributed by atoms with van der Waals surface area (Å²) >= 11 is 5.92. The van der Waals surface area contributed by atoms with Gasteiger partial charge in [0.25, 0.3) is 0 Å². The fourth-order valence-corrected chi connectivity index (χ4v) is 5.00. The summed E-state index contributed by atoms with van der Waals surface area (Å²) in [4.78, 5) is 7.08. The standard InChI is InChI=1S/C23H23ClN4O/c1-2-15-14-28-12-10-16(15)13-20(28)23(29-22-8-7-21(24)26-27-22)18-9-11-25-19-6-4-3-5-17(18)19/h2-9,11,15-16,20,23H,1,10,12-14H2/t15-,16-,20+,23-/m0/s1. The lowest BCUT2D eigenvalue weighted by Gasteiger charge is -2.51. The lowest BCUT2D eigenvalue weighted by Crippen LogP contribution is -2.55. The Kier molecular flexibility index (Phi) is 4.94. The summed E-state index contributed by atoms with van der Waals surface area (Å²) in [6.45, 7) is 6.18. The van der Waals surface area contributed by atoms with Crippen molar-refractivity contribution < 1.29 is 4.74 Å². The molecule has 6 rings (SSSR count). The maximum absolute atomic E-state index is 6.50. The Hall–Kier alpha value is -2.50. The maximum atomic E-state index is 6.50. The normalized spacial score (nSPS) is 26.9. The van der Waals surface area contributed by atoms with E-state index in [1.54, 1.807) is 12.1 Å². The molecule has 0 spiro atoms. The molecule has 0 N–H and O–H groups in total. The van der Waals surface area contributed by atoms with Crippen molar-refractivity contribution in [3.8, 4) is 5.88 Å². The van der Waals surface area contributed by atoms with E-state index in [0.29, 0.717) is 22.9 Å². The van der Waals surface area contributed by atoms with E-state index in [2.05, 4.69) is 44.9 Å². The van der Waals surface area contributed by atoms with Crippen LogP contribution in [0.3, 0.4) is 0 Å². The van der Waals surface area contributed by atoms with Gasteiger partial charge in [0.2, 0.25) is 5.88 Å². The van der Waals surface area contributed by atoms with Crippen LogP contribution >= 0.6 is 11.6 Å². The van der Waals surface area contributed by atoms with Crippen LogP contribution in [-0.4, -0.2) is 39.2 Å². The summed E-state index contributed by atoms with van der Waals surface area (Å²) in [6, 6.07) is 14.1. The quantitative estimate of drug-likeness (QED) is 0.575. The zero-order valence-corrected chi connectivity index (χ0v) is 16.9. The summed E-state index contributed by atoms with van der Waals surface area (Å²) in [6.07, 6.45) is 6.13. The lowest BCUT2D eigenvalue weighted by atomic mass is 9.73. The number of nitrogens with zero attached hydrogens (tertiary/aromatic N) is 4. The second-order valence-electron chi connectivity index (χ2n) is 7.90. The Balaban J connectivity index is 1.56. The van der Waals surface area contributed by atoms with Crippen molar-refractivity contribution in [1.29, 1.82) is 0 Å². The molecule has 5 nitrogen and oxygen atoms in total. The second-order valence-corrected chi connectivity index (χ2v) is 8.28. The fourth-order valence-electron chi connectivity index (χ4n) is 4.90. The third-order valence-electron chi connectivity index (χ3n) is 6.35. The number of hydrogen-bond acceptors (Lipinski definition) is 5. The maximum Gasteiger partial charge on any atom is 0.234 e. The van der Waals surface area contributed by atoms with Crippen LogP contribution in [0, 0.1) is 11.8 Å². The molecule has 0 aliphatic carbocycles. The molecule has 1 unspecified atom stereocenters. The van der Waals surface area contributed by atoms with Crippen LogP contribution in [0.25, 0.3) is 10.9 Å². The monoisotopic (exact) mass is 406 g/mol. The van der Waals surface area contributed by atoms with Gasteiger partial charge >= 0.3 is 0 Å². The number of ether oxygens (including phenoxy) is 1. The number of para-hydroxylation sites is 1. The van der Waals surface area contributed by atoms with Crippen LogP contribution in [0.15, 0.2) is 61.3 Å². The molecular weight excluding hydrogens is 384 g/mol. The van der Waals surface area contributed by atoms with Crippen molar-refractivity contribution in [2.24, 2.45) is 11.8 Å². The molecule has 3 aromatic rings. The van der Waals surface area contributed by atoms with Gasteiger partial charge in [0.05, 0.1) is 11.6 Å². The Bertz CT molecular complexity index is 1020. The number of piperidine rings is 3. The Morgan fingerprint density at radius 3 is 2.83 bits per heavy atom. The first-order valence-corrected chi connectivity index (χ1v) is 10.5. The van der Waals surface area contributed by atoms with Crippen molar-refractivity contribution in [3.05, 3.63) is 72.0 Å². The van der Waals surface area contributed by atoms with Gasteiger partial charge in [-0.25, -0.2) is 0 Å². The predicted molar refractivity (Wildman–Crippen MR) is 114 cm³/mol. The largest absolute Gasteiger partial charge is 0.467 e. The van der Waals surface area contributed by atoms with Crippen LogP contribution in [-0.2, 0) is 0 Å².